The van der Waals surface area contributed by atoms with Crippen LogP contribution in [0.3, 0.4) is 0 Å². The first-order valence-corrected chi connectivity index (χ1v) is 11.3. The number of thiophene rings is 1. The zero-order valence-electron chi connectivity index (χ0n) is 17.6. The number of carbonyl (C=O) groups is 1. The summed E-state index contributed by atoms with van der Waals surface area (Å²) in [4.78, 5) is 30.7. The molecule has 1 saturated heterocycles. The monoisotopic (exact) mass is 483 g/mol. The van der Waals surface area contributed by atoms with Gasteiger partial charge in [-0.25, -0.2) is 8.78 Å². The molecule has 174 valence electrons. The van der Waals surface area contributed by atoms with Crippen molar-refractivity contribution in [2.75, 3.05) is 18.4 Å². The number of carbonyl (C=O) groups excluding carboxylic acids is 1. The molecule has 5 rings (SSSR count). The average Bonchev–Trinajstić information content (AvgIpc) is 3.37. The smallest absolute Gasteiger partial charge is 0.256 e. The summed E-state index contributed by atoms with van der Waals surface area (Å²) >= 11 is 1.28. The number of aromatic nitrogens is 1. The highest BCUT2D eigenvalue weighted by molar-refractivity contribution is 7.21. The highest BCUT2D eigenvalue weighted by Crippen LogP contribution is 2.38. The third-order valence-electron chi connectivity index (χ3n) is 5.70. The fourth-order valence-electron chi connectivity index (χ4n) is 4.00. The lowest BCUT2D eigenvalue weighted by Gasteiger charge is -2.21. The Morgan fingerprint density at radius 1 is 1.03 bits per heavy atom. The zero-order chi connectivity index (χ0) is 24.0. The summed E-state index contributed by atoms with van der Waals surface area (Å²) in [7, 11) is 0. The van der Waals surface area contributed by atoms with E-state index in [0.717, 1.165) is 17.5 Å². The van der Waals surface area contributed by atoms with Gasteiger partial charge in [0.15, 0.2) is 0 Å². The molecule has 0 unspecified atom stereocenters. The van der Waals surface area contributed by atoms with E-state index in [9.17, 15) is 28.6 Å². The molecule has 0 radical (unpaired) electrons. The lowest BCUT2D eigenvalue weighted by Crippen LogP contribution is -2.30. The van der Waals surface area contributed by atoms with Crippen molar-refractivity contribution in [3.8, 4) is 10.4 Å². The number of amides is 1. The molecule has 2 aromatic carbocycles. The first kappa shape index (κ1) is 22.2. The van der Waals surface area contributed by atoms with Crippen molar-refractivity contribution in [1.82, 2.24) is 9.88 Å². The van der Waals surface area contributed by atoms with Crippen LogP contribution in [0.1, 0.15) is 10.4 Å². The van der Waals surface area contributed by atoms with Crippen LogP contribution in [0.4, 0.5) is 20.2 Å². The molecule has 0 saturated carbocycles. The molecule has 2 aromatic heterocycles. The summed E-state index contributed by atoms with van der Waals surface area (Å²) in [5.74, 6) is -2.02. The molecule has 0 aliphatic carbocycles. The molecule has 4 aromatic rings. The van der Waals surface area contributed by atoms with Crippen LogP contribution in [0.15, 0.2) is 59.4 Å². The topological polar surface area (TPSA) is 106 Å². The zero-order valence-corrected chi connectivity index (χ0v) is 18.4. The van der Waals surface area contributed by atoms with Gasteiger partial charge in [-0.2, -0.15) is 0 Å². The Labute approximate surface area is 195 Å². The molecule has 1 amide bonds. The molecular formula is C24H19F2N3O4S. The number of hydrogen-bond acceptors (Lipinski definition) is 6. The van der Waals surface area contributed by atoms with E-state index in [1.165, 1.54) is 28.4 Å². The van der Waals surface area contributed by atoms with Crippen LogP contribution in [0.5, 0.6) is 0 Å². The van der Waals surface area contributed by atoms with Crippen molar-refractivity contribution < 1.29 is 23.8 Å². The normalized spacial score (nSPS) is 17.9. The predicted octanol–water partition coefficient (Wildman–Crippen LogP) is 3.46. The van der Waals surface area contributed by atoms with Gasteiger partial charge >= 0.3 is 0 Å². The minimum absolute atomic E-state index is 0.0187. The number of halogens is 2. The number of hydrogen-bond donors (Lipinski definition) is 4. The fourth-order valence-corrected chi connectivity index (χ4v) is 5.08. The molecule has 0 spiro atoms. The Kier molecular flexibility index (Phi) is 5.64. The second-order valence-corrected chi connectivity index (χ2v) is 9.09. The van der Waals surface area contributed by atoms with Crippen LogP contribution >= 0.6 is 11.3 Å². The third-order valence-corrected chi connectivity index (χ3v) is 6.80. The number of aliphatic hydroxyl groups is 2. The Morgan fingerprint density at radius 2 is 1.79 bits per heavy atom. The summed E-state index contributed by atoms with van der Waals surface area (Å²) in [6, 6.07) is 13.0. The molecule has 0 bridgehead atoms. The van der Waals surface area contributed by atoms with Gasteiger partial charge in [0.1, 0.15) is 16.5 Å². The van der Waals surface area contributed by atoms with Gasteiger partial charge in [0, 0.05) is 41.0 Å². The standard InChI is InChI=1S/C24H19F2N3O4S/c25-13-5-6-16(15(26)9-13)27-17-3-1-2-14(20-8-12-4-7-21(32)28-23(12)34-20)22(17)24(33)29-10-18(30)19(31)11-29/h1-9,18-19,27,30-31H,10-11H2,(H,28,32)/t18-,19-/m1/s1. The molecule has 3 heterocycles. The molecule has 10 heteroatoms. The summed E-state index contributed by atoms with van der Waals surface area (Å²) < 4.78 is 27.8. The minimum Gasteiger partial charge on any atom is -0.388 e. The van der Waals surface area contributed by atoms with E-state index in [-0.39, 0.29) is 35.6 Å². The van der Waals surface area contributed by atoms with E-state index in [0.29, 0.717) is 15.3 Å². The van der Waals surface area contributed by atoms with Crippen molar-refractivity contribution in [2.24, 2.45) is 0 Å². The molecule has 1 fully saturated rings. The lowest BCUT2D eigenvalue weighted by atomic mass is 10.0. The van der Waals surface area contributed by atoms with Gasteiger partial charge in [0.25, 0.3) is 5.91 Å². The SMILES string of the molecule is O=C(c1c(Nc2ccc(F)cc2F)cccc1-c1cc2ccc(=O)[nH]c2s1)N1C[C@@H](O)[C@H](O)C1. The maximum atomic E-state index is 14.4. The number of rotatable bonds is 4. The molecule has 4 N–H and O–H groups in total. The third kappa shape index (κ3) is 4.07. The van der Waals surface area contributed by atoms with Gasteiger partial charge in [0.05, 0.1) is 29.1 Å². The van der Waals surface area contributed by atoms with E-state index in [2.05, 4.69) is 10.3 Å². The Hall–Kier alpha value is -3.60. The largest absolute Gasteiger partial charge is 0.388 e. The number of likely N-dealkylation sites (tertiary alicyclic amines) is 1. The van der Waals surface area contributed by atoms with Crippen molar-refractivity contribution in [1.29, 1.82) is 0 Å². The summed E-state index contributed by atoms with van der Waals surface area (Å²) in [6.45, 7) is -0.114. The number of pyridine rings is 1. The predicted molar refractivity (Wildman–Crippen MR) is 125 cm³/mol. The summed E-state index contributed by atoms with van der Waals surface area (Å²) in [6.07, 6.45) is -2.15. The highest BCUT2D eigenvalue weighted by Gasteiger charge is 2.35. The number of nitrogens with one attached hydrogen (secondary N) is 2. The van der Waals surface area contributed by atoms with Crippen molar-refractivity contribution in [3.05, 3.63) is 82.1 Å². The van der Waals surface area contributed by atoms with Gasteiger partial charge in [-0.1, -0.05) is 12.1 Å². The maximum absolute atomic E-state index is 14.4. The number of fused-ring (bicyclic) bond motifs is 1. The van der Waals surface area contributed by atoms with Gasteiger partial charge in [-0.15, -0.1) is 11.3 Å². The number of H-pyrrole nitrogens is 1. The van der Waals surface area contributed by atoms with Crippen molar-refractivity contribution in [3.63, 3.8) is 0 Å². The summed E-state index contributed by atoms with van der Waals surface area (Å²) in [5, 5.41) is 23.6. The Morgan fingerprint density at radius 3 is 2.53 bits per heavy atom. The number of β-amino-alcohol motifs (C(OH)–C–C–N with tert-alkyl or cyclic N) is 2. The van der Waals surface area contributed by atoms with Crippen LogP contribution < -0.4 is 10.9 Å². The second-order valence-electron chi connectivity index (χ2n) is 8.04. The molecule has 2 atom stereocenters. The van der Waals surface area contributed by atoms with Gasteiger partial charge in [-0.3, -0.25) is 9.59 Å². The van der Waals surface area contributed by atoms with Crippen LogP contribution in [-0.4, -0.2) is 51.3 Å². The maximum Gasteiger partial charge on any atom is 0.256 e. The van der Waals surface area contributed by atoms with E-state index in [1.54, 1.807) is 24.3 Å². The second kappa shape index (κ2) is 8.64. The van der Waals surface area contributed by atoms with E-state index in [4.69, 9.17) is 0 Å². The quantitative estimate of drug-likeness (QED) is 0.356. The molecule has 34 heavy (non-hydrogen) atoms. The fraction of sp³-hybridized carbons (Fsp3) is 0.167. The highest BCUT2D eigenvalue weighted by atomic mass is 32.1. The number of aliphatic hydroxyl groups excluding tert-OH is 2. The Balaban J connectivity index is 1.65. The Bertz CT molecular complexity index is 1460. The van der Waals surface area contributed by atoms with E-state index in [1.807, 2.05) is 6.07 Å². The van der Waals surface area contributed by atoms with Crippen molar-refractivity contribution >= 4 is 38.8 Å². The van der Waals surface area contributed by atoms with Crippen LogP contribution in [0.2, 0.25) is 0 Å². The number of anilines is 2. The van der Waals surface area contributed by atoms with Gasteiger partial charge in [0.2, 0.25) is 5.56 Å². The molecule has 1 aliphatic heterocycles. The van der Waals surface area contributed by atoms with Crippen LogP contribution in [0, 0.1) is 11.6 Å². The number of nitrogens with zero attached hydrogens (tertiary/aromatic N) is 1. The first-order chi connectivity index (χ1) is 16.3. The summed E-state index contributed by atoms with van der Waals surface area (Å²) in [5.41, 5.74) is 0.723. The lowest BCUT2D eigenvalue weighted by molar-refractivity contribution is 0.0572. The number of aromatic amines is 1. The van der Waals surface area contributed by atoms with E-state index < -0.39 is 29.7 Å². The molecular weight excluding hydrogens is 464 g/mol. The minimum atomic E-state index is -1.07. The van der Waals surface area contributed by atoms with Gasteiger partial charge in [-0.05, 0) is 30.3 Å². The van der Waals surface area contributed by atoms with Crippen LogP contribution in [0.25, 0.3) is 20.7 Å². The molecule has 7 nitrogen and oxygen atoms in total. The van der Waals surface area contributed by atoms with Gasteiger partial charge < -0.3 is 25.4 Å². The van der Waals surface area contributed by atoms with Crippen molar-refractivity contribution in [2.45, 2.75) is 12.2 Å². The number of benzene rings is 2. The first-order valence-electron chi connectivity index (χ1n) is 10.4. The van der Waals surface area contributed by atoms with E-state index >= 15 is 0 Å². The average molecular weight is 483 g/mol. The molecule has 1 aliphatic rings. The van der Waals surface area contributed by atoms with Crippen LogP contribution in [-0.2, 0) is 0 Å².